The summed E-state index contributed by atoms with van der Waals surface area (Å²) in [6.07, 6.45) is 1.85. The summed E-state index contributed by atoms with van der Waals surface area (Å²) < 4.78 is 2.30. The molecule has 10 heavy (non-hydrogen) atoms. The zero-order valence-electron chi connectivity index (χ0n) is 5.56. The summed E-state index contributed by atoms with van der Waals surface area (Å²) in [5, 5.41) is 0. The van der Waals surface area contributed by atoms with Crippen molar-refractivity contribution in [1.29, 1.82) is 0 Å². The first-order chi connectivity index (χ1) is 4.74. The van der Waals surface area contributed by atoms with Gasteiger partial charge in [0.2, 0.25) is 0 Å². The molecule has 0 aliphatic carbocycles. The molecule has 0 unspecified atom stereocenters. The smallest absolute Gasteiger partial charge is 0.179 e. The van der Waals surface area contributed by atoms with Crippen molar-refractivity contribution < 1.29 is 0 Å². The summed E-state index contributed by atoms with van der Waals surface area (Å²) in [6.45, 7) is 2.10. The molecule has 0 N–H and O–H groups in total. The maximum Gasteiger partial charge on any atom is 0.179 e. The quantitative estimate of drug-likeness (QED) is 0.567. The maximum absolute atomic E-state index is 4.21. The third kappa shape index (κ3) is 1.95. The fourth-order valence-electron chi connectivity index (χ4n) is 0.647. The zero-order valence-corrected chi connectivity index (χ0v) is 9.31. The molecule has 0 atom stereocenters. The molecule has 0 aromatic carbocycles. The van der Waals surface area contributed by atoms with Gasteiger partial charge in [-0.05, 0) is 44.6 Å². The molecule has 0 saturated heterocycles. The van der Waals surface area contributed by atoms with Crippen LogP contribution in [-0.2, 0) is 0 Å². The lowest BCUT2D eigenvalue weighted by Crippen LogP contribution is -2.15. The number of aromatic nitrogens is 1. The molecule has 1 rings (SSSR count). The second kappa shape index (κ2) is 3.71. The average Bonchev–Trinajstić information content (AvgIpc) is 1.95. The lowest BCUT2D eigenvalue weighted by Gasteiger charge is -1.97. The van der Waals surface area contributed by atoms with Crippen LogP contribution in [-0.4, -0.2) is 12.3 Å². The molecule has 0 amide bonds. The van der Waals surface area contributed by atoms with Gasteiger partial charge in [-0.1, -0.05) is 6.82 Å². The Labute approximate surface area is 83.1 Å². The molecule has 0 aliphatic heterocycles. The first kappa shape index (κ1) is 8.52. The molecule has 0 bridgehead atoms. The molecule has 0 radical (unpaired) electrons. The van der Waals surface area contributed by atoms with Gasteiger partial charge in [0.05, 0.1) is 0 Å². The Morgan fingerprint density at radius 1 is 1.70 bits per heavy atom. The highest BCUT2D eigenvalue weighted by molar-refractivity contribution is 14.1. The topological polar surface area (TPSA) is 12.9 Å². The van der Waals surface area contributed by atoms with Crippen molar-refractivity contribution in [2.45, 2.75) is 6.82 Å². The van der Waals surface area contributed by atoms with Crippen molar-refractivity contribution in [1.82, 2.24) is 4.98 Å². The Balaban J connectivity index is 3.04. The highest BCUT2D eigenvalue weighted by atomic mass is 127. The molecule has 4 heteroatoms. The highest BCUT2D eigenvalue weighted by Crippen LogP contribution is 2.14. The molecular weight excluding hydrogens is 304 g/mol. The van der Waals surface area contributed by atoms with Crippen molar-refractivity contribution in [2.24, 2.45) is 0 Å². The molecule has 0 spiro atoms. The lowest BCUT2D eigenvalue weighted by molar-refractivity contribution is 1.34. The van der Waals surface area contributed by atoms with Gasteiger partial charge in [0.1, 0.15) is 0 Å². The summed E-state index contributed by atoms with van der Waals surface area (Å²) in [5.41, 5.74) is 1.15. The fraction of sp³-hybridized carbons (Fsp3) is 0.167. The standard InChI is InChI=1S/C6H6BBrIN/c1-7-6-2-5(9)4(8)3-10-6/h2-3,7H,1H3. The van der Waals surface area contributed by atoms with Gasteiger partial charge >= 0.3 is 0 Å². The first-order valence-corrected chi connectivity index (χ1v) is 4.91. The lowest BCUT2D eigenvalue weighted by atomic mass is 9.78. The molecule has 52 valence electrons. The van der Waals surface area contributed by atoms with E-state index < -0.39 is 0 Å². The van der Waals surface area contributed by atoms with E-state index in [2.05, 4.69) is 56.4 Å². The number of pyridine rings is 1. The van der Waals surface area contributed by atoms with Crippen LogP contribution in [0.5, 0.6) is 0 Å². The van der Waals surface area contributed by atoms with Crippen molar-refractivity contribution in [3.63, 3.8) is 0 Å². The summed E-state index contributed by atoms with van der Waals surface area (Å²) >= 11 is 5.67. The molecular formula is C6H6BBrIN. The van der Waals surface area contributed by atoms with Crippen LogP contribution in [0.3, 0.4) is 0 Å². The largest absolute Gasteiger partial charge is 0.270 e. The molecule has 1 aromatic heterocycles. The van der Waals surface area contributed by atoms with E-state index in [9.17, 15) is 0 Å². The average molecular weight is 310 g/mol. The molecule has 1 heterocycles. The van der Waals surface area contributed by atoms with Crippen LogP contribution in [0.25, 0.3) is 0 Å². The Kier molecular flexibility index (Phi) is 3.16. The van der Waals surface area contributed by atoms with Crippen LogP contribution in [0, 0.1) is 3.57 Å². The molecule has 0 saturated carbocycles. The third-order valence-electron chi connectivity index (χ3n) is 1.23. The molecule has 1 aromatic rings. The van der Waals surface area contributed by atoms with E-state index in [1.807, 2.05) is 6.20 Å². The van der Waals surface area contributed by atoms with Crippen LogP contribution in [0.4, 0.5) is 0 Å². The van der Waals surface area contributed by atoms with Gasteiger partial charge in [-0.3, -0.25) is 4.98 Å². The number of rotatable bonds is 1. The Bertz CT molecular complexity index is 241. The molecule has 1 nitrogen and oxygen atoms in total. The van der Waals surface area contributed by atoms with Gasteiger partial charge in [-0.25, -0.2) is 0 Å². The van der Waals surface area contributed by atoms with Gasteiger partial charge in [0.25, 0.3) is 0 Å². The summed E-state index contributed by atoms with van der Waals surface area (Å²) in [7, 11) is 1.00. The van der Waals surface area contributed by atoms with E-state index in [0.717, 1.165) is 17.3 Å². The van der Waals surface area contributed by atoms with Crippen molar-refractivity contribution in [3.05, 3.63) is 20.3 Å². The van der Waals surface area contributed by atoms with Crippen LogP contribution in [0.15, 0.2) is 16.7 Å². The van der Waals surface area contributed by atoms with Gasteiger partial charge in [0.15, 0.2) is 7.28 Å². The van der Waals surface area contributed by atoms with Crippen molar-refractivity contribution in [3.8, 4) is 0 Å². The molecule has 0 aliphatic rings. The second-order valence-electron chi connectivity index (χ2n) is 1.94. The van der Waals surface area contributed by atoms with Gasteiger partial charge in [0, 0.05) is 19.8 Å². The van der Waals surface area contributed by atoms with Gasteiger partial charge in [-0.15, -0.1) is 0 Å². The normalized spacial score (nSPS) is 9.50. The van der Waals surface area contributed by atoms with Crippen LogP contribution >= 0.6 is 38.5 Å². The summed E-state index contributed by atoms with van der Waals surface area (Å²) in [4.78, 5) is 4.21. The predicted molar refractivity (Wildman–Crippen MR) is 57.3 cm³/mol. The molecule has 0 fully saturated rings. The van der Waals surface area contributed by atoms with Crippen molar-refractivity contribution in [2.75, 3.05) is 0 Å². The van der Waals surface area contributed by atoms with E-state index in [1.54, 1.807) is 0 Å². The minimum atomic E-state index is 1.00. The van der Waals surface area contributed by atoms with Gasteiger partial charge in [-0.2, -0.15) is 0 Å². The Hall–Kier alpha value is 0.425. The Morgan fingerprint density at radius 2 is 2.40 bits per heavy atom. The number of nitrogens with zero attached hydrogens (tertiary/aromatic N) is 1. The van der Waals surface area contributed by atoms with E-state index in [4.69, 9.17) is 0 Å². The van der Waals surface area contributed by atoms with Crippen LogP contribution in [0.2, 0.25) is 6.82 Å². The van der Waals surface area contributed by atoms with Gasteiger partial charge < -0.3 is 0 Å². The first-order valence-electron chi connectivity index (χ1n) is 3.04. The summed E-state index contributed by atoms with van der Waals surface area (Å²) in [6, 6.07) is 2.09. The number of hydrogen-bond acceptors (Lipinski definition) is 1. The minimum Gasteiger partial charge on any atom is -0.270 e. The minimum absolute atomic E-state index is 1.00. The van der Waals surface area contributed by atoms with Crippen LogP contribution in [0.1, 0.15) is 0 Å². The predicted octanol–water partition coefficient (Wildman–Crippen LogP) is 1.56. The Morgan fingerprint density at radius 3 is 2.90 bits per heavy atom. The monoisotopic (exact) mass is 309 g/mol. The maximum atomic E-state index is 4.21. The number of halogens is 2. The fourth-order valence-corrected chi connectivity index (χ4v) is 1.36. The SMILES string of the molecule is CBc1cc(I)c(Br)cn1. The van der Waals surface area contributed by atoms with Crippen molar-refractivity contribution >= 4 is 51.4 Å². The van der Waals surface area contributed by atoms with E-state index in [-0.39, 0.29) is 0 Å². The van der Waals surface area contributed by atoms with E-state index >= 15 is 0 Å². The third-order valence-corrected chi connectivity index (χ3v) is 3.49. The highest BCUT2D eigenvalue weighted by Gasteiger charge is 1.97. The zero-order chi connectivity index (χ0) is 7.56. The van der Waals surface area contributed by atoms with E-state index in [0.29, 0.717) is 0 Å². The van der Waals surface area contributed by atoms with E-state index in [1.165, 1.54) is 3.57 Å². The summed E-state index contributed by atoms with van der Waals surface area (Å²) in [5.74, 6) is 0. The number of hydrogen-bond donors (Lipinski definition) is 0. The second-order valence-corrected chi connectivity index (χ2v) is 3.96. The van der Waals surface area contributed by atoms with Crippen LogP contribution < -0.4 is 5.59 Å².